The summed E-state index contributed by atoms with van der Waals surface area (Å²) in [4.78, 5) is 16.0. The molecule has 1 aromatic heterocycles. The predicted octanol–water partition coefficient (Wildman–Crippen LogP) is 3.90. The van der Waals surface area contributed by atoms with Crippen LogP contribution in [0.25, 0.3) is 0 Å². The van der Waals surface area contributed by atoms with Crippen molar-refractivity contribution < 1.29 is 9.90 Å². The highest BCUT2D eigenvalue weighted by Gasteiger charge is 2.27. The first-order chi connectivity index (χ1) is 9.77. The number of hydrogen-bond acceptors (Lipinski definition) is 4. The molecule has 0 radical (unpaired) electrons. The lowest BCUT2D eigenvalue weighted by Gasteiger charge is -2.13. The van der Waals surface area contributed by atoms with Crippen LogP contribution in [0.3, 0.4) is 0 Å². The lowest BCUT2D eigenvalue weighted by molar-refractivity contribution is -0.138. The first kappa shape index (κ1) is 15.9. The summed E-state index contributed by atoms with van der Waals surface area (Å²) in [6, 6.07) is 7.20. The van der Waals surface area contributed by atoms with Crippen molar-refractivity contribution in [1.82, 2.24) is 9.36 Å². The molecule has 0 bridgehead atoms. The smallest absolute Gasteiger partial charge is 0.313 e. The molecule has 0 saturated heterocycles. The minimum Gasteiger partial charge on any atom is -0.481 e. The Morgan fingerprint density at radius 3 is 2.43 bits per heavy atom. The molecule has 1 aromatic carbocycles. The van der Waals surface area contributed by atoms with Crippen LogP contribution in [0.5, 0.6) is 0 Å². The van der Waals surface area contributed by atoms with Gasteiger partial charge in [-0.3, -0.25) is 4.79 Å². The maximum absolute atomic E-state index is 11.5. The molecule has 6 heteroatoms. The number of rotatable bonds is 4. The summed E-state index contributed by atoms with van der Waals surface area (Å²) < 4.78 is 4.29. The Labute approximate surface area is 133 Å². The zero-order chi connectivity index (χ0) is 15.6. The van der Waals surface area contributed by atoms with Crippen molar-refractivity contribution in [2.45, 2.75) is 38.5 Å². The summed E-state index contributed by atoms with van der Waals surface area (Å²) >= 11 is 7.01. The van der Waals surface area contributed by atoms with Crippen molar-refractivity contribution >= 4 is 29.1 Å². The van der Waals surface area contributed by atoms with E-state index in [4.69, 9.17) is 11.6 Å². The van der Waals surface area contributed by atoms with Gasteiger partial charge in [0.25, 0.3) is 0 Å². The number of carboxylic acid groups (broad SMARTS) is 1. The van der Waals surface area contributed by atoms with Gasteiger partial charge in [0.05, 0.1) is 0 Å². The zero-order valence-electron chi connectivity index (χ0n) is 12.1. The van der Waals surface area contributed by atoms with Gasteiger partial charge in [-0.05, 0) is 35.6 Å². The largest absolute Gasteiger partial charge is 0.481 e. The lowest BCUT2D eigenvalue weighted by Crippen LogP contribution is -2.16. The molecule has 21 heavy (non-hydrogen) atoms. The van der Waals surface area contributed by atoms with Crippen LogP contribution in [0, 0.1) is 0 Å². The first-order valence-corrected chi connectivity index (χ1v) is 7.74. The molecule has 1 N–H and O–H groups in total. The summed E-state index contributed by atoms with van der Waals surface area (Å²) in [7, 11) is 0. The second-order valence-corrected chi connectivity index (χ2v) is 7.15. The fourth-order valence-corrected chi connectivity index (χ4v) is 2.88. The van der Waals surface area contributed by atoms with Crippen molar-refractivity contribution in [3.63, 3.8) is 0 Å². The lowest BCUT2D eigenvalue weighted by atomic mass is 9.95. The number of aliphatic carboxylic acids is 1. The van der Waals surface area contributed by atoms with Crippen molar-refractivity contribution in [3.8, 4) is 0 Å². The summed E-state index contributed by atoms with van der Waals surface area (Å²) in [6.07, 6.45) is 0.380. The van der Waals surface area contributed by atoms with E-state index >= 15 is 0 Å². The highest BCUT2D eigenvalue weighted by atomic mass is 35.5. The summed E-state index contributed by atoms with van der Waals surface area (Å²) in [5, 5.41) is 10.6. The van der Waals surface area contributed by atoms with Crippen molar-refractivity contribution in [2.75, 3.05) is 0 Å². The normalized spacial score (nSPS) is 13.1. The minimum atomic E-state index is -0.887. The fourth-order valence-electron chi connectivity index (χ4n) is 1.82. The minimum absolute atomic E-state index is 0.182. The van der Waals surface area contributed by atoms with Crippen LogP contribution >= 0.6 is 23.1 Å². The molecule has 0 fully saturated rings. The van der Waals surface area contributed by atoms with E-state index in [-0.39, 0.29) is 5.41 Å². The highest BCUT2D eigenvalue weighted by molar-refractivity contribution is 7.05. The predicted molar refractivity (Wildman–Crippen MR) is 84.1 cm³/mol. The van der Waals surface area contributed by atoms with Crippen LogP contribution < -0.4 is 0 Å². The maximum Gasteiger partial charge on any atom is 0.313 e. The number of carboxylic acids is 1. The van der Waals surface area contributed by atoms with E-state index in [0.717, 1.165) is 5.56 Å². The molecule has 2 rings (SSSR count). The molecule has 0 amide bonds. The molecule has 1 heterocycles. The van der Waals surface area contributed by atoms with Crippen molar-refractivity contribution in [1.29, 1.82) is 0 Å². The molecule has 0 saturated carbocycles. The van der Waals surface area contributed by atoms with Crippen molar-refractivity contribution in [3.05, 3.63) is 45.7 Å². The van der Waals surface area contributed by atoms with Crippen LogP contribution in [0.1, 0.15) is 43.1 Å². The summed E-state index contributed by atoms with van der Waals surface area (Å²) in [6.45, 7) is 6.02. The summed E-state index contributed by atoms with van der Waals surface area (Å²) in [5.74, 6) is -0.883. The van der Waals surface area contributed by atoms with Crippen molar-refractivity contribution in [2.24, 2.45) is 0 Å². The van der Waals surface area contributed by atoms with E-state index in [2.05, 4.69) is 9.36 Å². The van der Waals surface area contributed by atoms with Gasteiger partial charge in [-0.15, -0.1) is 0 Å². The van der Waals surface area contributed by atoms with Crippen LogP contribution in [0.4, 0.5) is 0 Å². The third-order valence-electron chi connectivity index (χ3n) is 3.06. The first-order valence-electron chi connectivity index (χ1n) is 6.58. The number of aromatic nitrogens is 2. The van der Waals surface area contributed by atoms with E-state index in [9.17, 15) is 9.90 Å². The third kappa shape index (κ3) is 4.02. The highest BCUT2D eigenvalue weighted by Crippen LogP contribution is 2.27. The zero-order valence-corrected chi connectivity index (χ0v) is 13.7. The topological polar surface area (TPSA) is 63.1 Å². The van der Waals surface area contributed by atoms with Gasteiger partial charge in [0, 0.05) is 10.4 Å². The molecule has 0 aliphatic carbocycles. The van der Waals surface area contributed by atoms with Crippen LogP contribution in [0.15, 0.2) is 24.3 Å². The Kier molecular flexibility index (Phi) is 4.64. The molecule has 1 atom stereocenters. The SMILES string of the molecule is CC(C)(C)c1nsc(C(Cc2ccc(Cl)cc2)C(=O)O)n1. The molecule has 0 spiro atoms. The Morgan fingerprint density at radius 1 is 1.33 bits per heavy atom. The molecule has 4 nitrogen and oxygen atoms in total. The van der Waals surface area contributed by atoms with E-state index < -0.39 is 11.9 Å². The molecule has 2 aromatic rings. The standard InChI is InChI=1S/C15H17ClN2O2S/c1-15(2,3)14-17-12(21-18-14)11(13(19)20)8-9-4-6-10(16)7-5-9/h4-7,11H,8H2,1-3H3,(H,19,20). The van der Waals surface area contributed by atoms with E-state index in [1.165, 1.54) is 11.5 Å². The quantitative estimate of drug-likeness (QED) is 0.926. The average Bonchev–Trinajstić information content (AvgIpc) is 2.87. The van der Waals surface area contributed by atoms with Gasteiger partial charge in [0.2, 0.25) is 0 Å². The molecule has 0 aliphatic heterocycles. The number of hydrogen-bond donors (Lipinski definition) is 1. The molecule has 1 unspecified atom stereocenters. The number of halogens is 1. The Balaban J connectivity index is 2.25. The Morgan fingerprint density at radius 2 is 1.95 bits per heavy atom. The Hall–Kier alpha value is -1.46. The Bertz CT molecular complexity index is 632. The second kappa shape index (κ2) is 6.12. The van der Waals surface area contributed by atoms with Crippen LogP contribution in [-0.4, -0.2) is 20.4 Å². The average molecular weight is 325 g/mol. The molecule has 0 aliphatic rings. The van der Waals surface area contributed by atoms with E-state index in [1.54, 1.807) is 12.1 Å². The maximum atomic E-state index is 11.5. The van der Waals surface area contributed by atoms with Gasteiger partial charge in [-0.1, -0.05) is 44.5 Å². The molecular weight excluding hydrogens is 308 g/mol. The van der Waals surface area contributed by atoms with Gasteiger partial charge in [0.15, 0.2) is 0 Å². The molecule has 112 valence electrons. The number of carbonyl (C=O) groups is 1. The van der Waals surface area contributed by atoms with Gasteiger partial charge >= 0.3 is 5.97 Å². The van der Waals surface area contributed by atoms with Gasteiger partial charge in [-0.25, -0.2) is 4.98 Å². The van der Waals surface area contributed by atoms with E-state index in [0.29, 0.717) is 22.3 Å². The monoisotopic (exact) mass is 324 g/mol. The number of benzene rings is 1. The second-order valence-electron chi connectivity index (χ2n) is 5.93. The molecular formula is C15H17ClN2O2S. The third-order valence-corrected chi connectivity index (χ3v) is 4.14. The van der Waals surface area contributed by atoms with Crippen LogP contribution in [0.2, 0.25) is 5.02 Å². The number of nitrogens with zero attached hydrogens (tertiary/aromatic N) is 2. The summed E-state index contributed by atoms with van der Waals surface area (Å²) in [5.41, 5.74) is 0.734. The van der Waals surface area contributed by atoms with Gasteiger partial charge in [0.1, 0.15) is 16.7 Å². The van der Waals surface area contributed by atoms with E-state index in [1.807, 2.05) is 32.9 Å². The van der Waals surface area contributed by atoms with Crippen LogP contribution in [-0.2, 0) is 16.6 Å². The fraction of sp³-hybridized carbons (Fsp3) is 0.400. The van der Waals surface area contributed by atoms with Gasteiger partial charge in [-0.2, -0.15) is 4.37 Å². The van der Waals surface area contributed by atoms with Gasteiger partial charge < -0.3 is 5.11 Å².